The summed E-state index contributed by atoms with van der Waals surface area (Å²) >= 11 is 0. The van der Waals surface area contributed by atoms with Gasteiger partial charge in [-0.2, -0.15) is 0 Å². The van der Waals surface area contributed by atoms with Crippen molar-refractivity contribution in [3.63, 3.8) is 0 Å². The quantitative estimate of drug-likeness (QED) is 0.803. The van der Waals surface area contributed by atoms with Crippen LogP contribution in [0.5, 0.6) is 0 Å². The number of ether oxygens (including phenoxy) is 1. The molecule has 1 saturated heterocycles. The molecule has 6 heteroatoms. The van der Waals surface area contributed by atoms with Gasteiger partial charge in [0, 0.05) is 25.3 Å². The molecule has 1 aromatic heterocycles. The van der Waals surface area contributed by atoms with Crippen LogP contribution in [0.3, 0.4) is 0 Å². The second-order valence-corrected chi connectivity index (χ2v) is 4.84. The number of aryl methyl sites for hydroxylation is 1. The van der Waals surface area contributed by atoms with E-state index in [1.165, 1.54) is 0 Å². The van der Waals surface area contributed by atoms with Gasteiger partial charge in [0.05, 0.1) is 12.3 Å². The van der Waals surface area contributed by atoms with Gasteiger partial charge in [0.2, 0.25) is 5.76 Å². The van der Waals surface area contributed by atoms with Crippen molar-refractivity contribution in [3.05, 3.63) is 17.5 Å². The van der Waals surface area contributed by atoms with E-state index >= 15 is 0 Å². The van der Waals surface area contributed by atoms with E-state index in [9.17, 15) is 4.79 Å². The molecule has 0 saturated carbocycles. The zero-order valence-electron chi connectivity index (χ0n) is 11.3. The van der Waals surface area contributed by atoms with Gasteiger partial charge < -0.3 is 19.9 Å². The largest absolute Gasteiger partial charge is 0.378 e. The highest BCUT2D eigenvalue weighted by Crippen LogP contribution is 2.17. The van der Waals surface area contributed by atoms with Crippen LogP contribution >= 0.6 is 0 Å². The first-order valence-corrected chi connectivity index (χ1v) is 6.74. The summed E-state index contributed by atoms with van der Waals surface area (Å²) in [6, 6.07) is 0. The molecule has 0 radical (unpaired) electrons. The molecule has 0 aliphatic carbocycles. The van der Waals surface area contributed by atoms with Crippen LogP contribution in [0.25, 0.3) is 0 Å². The number of hydrogen-bond donors (Lipinski definition) is 1. The van der Waals surface area contributed by atoms with E-state index in [1.54, 1.807) is 11.1 Å². The highest BCUT2D eigenvalue weighted by molar-refractivity contribution is 5.92. The SMILES string of the molecule is Cc1cnoc1C(=O)N1CCC(OCCCN)CC1. The predicted octanol–water partition coefficient (Wildman–Crippen LogP) is 0.953. The third-order valence-corrected chi connectivity index (χ3v) is 3.37. The van der Waals surface area contributed by atoms with Crippen LogP contribution < -0.4 is 5.73 Å². The second kappa shape index (κ2) is 6.68. The first-order valence-electron chi connectivity index (χ1n) is 6.74. The van der Waals surface area contributed by atoms with Crippen LogP contribution in [-0.2, 0) is 4.74 Å². The molecular formula is C13H21N3O3. The minimum Gasteiger partial charge on any atom is -0.378 e. The average molecular weight is 267 g/mol. The van der Waals surface area contributed by atoms with Crippen molar-refractivity contribution in [2.24, 2.45) is 5.73 Å². The number of rotatable bonds is 5. The van der Waals surface area contributed by atoms with E-state index in [2.05, 4.69) is 5.16 Å². The molecular weight excluding hydrogens is 246 g/mol. The van der Waals surface area contributed by atoms with E-state index < -0.39 is 0 Å². The fourth-order valence-corrected chi connectivity index (χ4v) is 2.20. The van der Waals surface area contributed by atoms with Gasteiger partial charge in [0.15, 0.2) is 0 Å². The Morgan fingerprint density at radius 2 is 2.32 bits per heavy atom. The Balaban J connectivity index is 1.80. The Kier molecular flexibility index (Phi) is 4.93. The first kappa shape index (κ1) is 14.0. The molecule has 106 valence electrons. The summed E-state index contributed by atoms with van der Waals surface area (Å²) in [4.78, 5) is 14.0. The Hall–Kier alpha value is -1.40. The minimum atomic E-state index is -0.0737. The van der Waals surface area contributed by atoms with Crippen molar-refractivity contribution >= 4 is 5.91 Å². The highest BCUT2D eigenvalue weighted by atomic mass is 16.5. The highest BCUT2D eigenvalue weighted by Gasteiger charge is 2.26. The van der Waals surface area contributed by atoms with E-state index in [-0.39, 0.29) is 12.0 Å². The van der Waals surface area contributed by atoms with Gasteiger partial charge in [-0.25, -0.2) is 0 Å². The fourth-order valence-electron chi connectivity index (χ4n) is 2.20. The molecule has 2 heterocycles. The maximum absolute atomic E-state index is 12.2. The maximum atomic E-state index is 12.2. The molecule has 2 rings (SSSR count). The molecule has 1 amide bonds. The van der Waals surface area contributed by atoms with E-state index in [0.29, 0.717) is 32.0 Å². The van der Waals surface area contributed by atoms with Crippen LogP contribution in [0.15, 0.2) is 10.7 Å². The van der Waals surface area contributed by atoms with Gasteiger partial charge in [0.1, 0.15) is 0 Å². The number of carbonyl (C=O) groups excluding carboxylic acids is 1. The van der Waals surface area contributed by atoms with Crippen molar-refractivity contribution in [2.45, 2.75) is 32.3 Å². The third-order valence-electron chi connectivity index (χ3n) is 3.37. The lowest BCUT2D eigenvalue weighted by Gasteiger charge is -2.31. The van der Waals surface area contributed by atoms with Gasteiger partial charge >= 0.3 is 0 Å². The van der Waals surface area contributed by atoms with Crippen LogP contribution in [0.1, 0.15) is 35.4 Å². The molecule has 1 aliphatic heterocycles. The molecule has 2 N–H and O–H groups in total. The average Bonchev–Trinajstić information content (AvgIpc) is 2.85. The van der Waals surface area contributed by atoms with Crippen LogP contribution in [-0.4, -0.2) is 48.3 Å². The van der Waals surface area contributed by atoms with Crippen molar-refractivity contribution in [1.82, 2.24) is 10.1 Å². The molecule has 6 nitrogen and oxygen atoms in total. The normalized spacial score (nSPS) is 16.8. The van der Waals surface area contributed by atoms with Crippen LogP contribution in [0.2, 0.25) is 0 Å². The number of aromatic nitrogens is 1. The molecule has 0 atom stereocenters. The van der Waals surface area contributed by atoms with E-state index in [4.69, 9.17) is 15.0 Å². The summed E-state index contributed by atoms with van der Waals surface area (Å²) in [6.07, 6.45) is 4.42. The standard InChI is InChI=1S/C13H21N3O3/c1-10-9-15-19-12(10)13(17)16-6-3-11(4-7-16)18-8-2-5-14/h9,11H,2-8,14H2,1H3. The number of nitrogens with two attached hydrogens (primary N) is 1. The van der Waals surface area contributed by atoms with Crippen LogP contribution in [0, 0.1) is 6.92 Å². The van der Waals surface area contributed by atoms with E-state index in [1.807, 2.05) is 6.92 Å². The molecule has 19 heavy (non-hydrogen) atoms. The lowest BCUT2D eigenvalue weighted by molar-refractivity contribution is 0.00741. The molecule has 1 aromatic rings. The lowest BCUT2D eigenvalue weighted by atomic mass is 10.1. The van der Waals surface area contributed by atoms with Crippen molar-refractivity contribution in [3.8, 4) is 0 Å². The number of hydrogen-bond acceptors (Lipinski definition) is 5. The zero-order chi connectivity index (χ0) is 13.7. The maximum Gasteiger partial charge on any atom is 0.292 e. The summed E-state index contributed by atoms with van der Waals surface area (Å²) in [7, 11) is 0. The third kappa shape index (κ3) is 3.54. The molecule has 1 aliphatic rings. The van der Waals surface area contributed by atoms with Crippen LogP contribution in [0.4, 0.5) is 0 Å². The van der Waals surface area contributed by atoms with Crippen molar-refractivity contribution < 1.29 is 14.1 Å². The van der Waals surface area contributed by atoms with Gasteiger partial charge in [0.25, 0.3) is 5.91 Å². The second-order valence-electron chi connectivity index (χ2n) is 4.84. The summed E-state index contributed by atoms with van der Waals surface area (Å²) in [6.45, 7) is 4.59. The monoisotopic (exact) mass is 267 g/mol. The van der Waals surface area contributed by atoms with Gasteiger partial charge in [-0.1, -0.05) is 5.16 Å². The Labute approximate surface area is 112 Å². The van der Waals surface area contributed by atoms with Gasteiger partial charge in [-0.3, -0.25) is 4.79 Å². The first-order chi connectivity index (χ1) is 9.22. The lowest BCUT2D eigenvalue weighted by Crippen LogP contribution is -2.41. The number of amides is 1. The Bertz CT molecular complexity index is 411. The summed E-state index contributed by atoms with van der Waals surface area (Å²) in [5.74, 6) is 0.276. The van der Waals surface area contributed by atoms with Crippen molar-refractivity contribution in [1.29, 1.82) is 0 Å². The molecule has 0 aromatic carbocycles. The Morgan fingerprint density at radius 1 is 1.58 bits per heavy atom. The molecule has 0 spiro atoms. The predicted molar refractivity (Wildman–Crippen MR) is 69.8 cm³/mol. The van der Waals surface area contributed by atoms with Gasteiger partial charge in [-0.15, -0.1) is 0 Å². The molecule has 1 fully saturated rings. The molecule has 0 unspecified atom stereocenters. The van der Waals surface area contributed by atoms with E-state index in [0.717, 1.165) is 24.8 Å². The van der Waals surface area contributed by atoms with Crippen molar-refractivity contribution in [2.75, 3.05) is 26.2 Å². The number of carbonyl (C=O) groups is 1. The Morgan fingerprint density at radius 3 is 2.89 bits per heavy atom. The summed E-state index contributed by atoms with van der Waals surface area (Å²) < 4.78 is 10.7. The molecule has 0 bridgehead atoms. The minimum absolute atomic E-state index is 0.0737. The number of likely N-dealkylation sites (tertiary alicyclic amines) is 1. The fraction of sp³-hybridized carbons (Fsp3) is 0.692. The summed E-state index contributed by atoms with van der Waals surface area (Å²) in [5, 5.41) is 3.64. The smallest absolute Gasteiger partial charge is 0.292 e. The van der Waals surface area contributed by atoms with Gasteiger partial charge in [-0.05, 0) is 32.7 Å². The summed E-state index contributed by atoms with van der Waals surface area (Å²) in [5.41, 5.74) is 6.21. The number of piperidine rings is 1. The number of nitrogens with zero attached hydrogens (tertiary/aromatic N) is 2. The topological polar surface area (TPSA) is 81.6 Å². The zero-order valence-corrected chi connectivity index (χ0v) is 11.3.